The quantitative estimate of drug-likeness (QED) is 0.791. The predicted molar refractivity (Wildman–Crippen MR) is 77.6 cm³/mol. The van der Waals surface area contributed by atoms with Gasteiger partial charge in [-0.2, -0.15) is 0 Å². The molecule has 0 aromatic heterocycles. The molecule has 3 heteroatoms. The van der Waals surface area contributed by atoms with Crippen LogP contribution in [0.25, 0.3) is 0 Å². The van der Waals surface area contributed by atoms with Crippen molar-refractivity contribution in [3.05, 3.63) is 23.8 Å². The second-order valence-corrected chi connectivity index (χ2v) is 5.55. The summed E-state index contributed by atoms with van der Waals surface area (Å²) in [6.45, 7) is 6.71. The zero-order valence-corrected chi connectivity index (χ0v) is 12.0. The minimum Gasteiger partial charge on any atom is -0.504 e. The summed E-state index contributed by atoms with van der Waals surface area (Å²) in [4.78, 5) is 0. The van der Waals surface area contributed by atoms with Crippen LogP contribution in [0.3, 0.4) is 0 Å². The molecule has 0 aliphatic heterocycles. The minimum atomic E-state index is 0.217. The lowest BCUT2D eigenvalue weighted by molar-refractivity contribution is 0.124. The first-order valence-corrected chi connectivity index (χ1v) is 7.34. The van der Waals surface area contributed by atoms with Gasteiger partial charge < -0.3 is 15.2 Å². The average molecular weight is 263 g/mol. The molecule has 1 fully saturated rings. The standard InChI is InChI=1S/C16H25NO2/c1-3-16(8-5-9-16)12-17-11-13-6-7-14(18)15(10-13)19-4-2/h6-7,10,17-18H,3-5,8-9,11-12H2,1-2H3. The molecule has 3 nitrogen and oxygen atoms in total. The lowest BCUT2D eigenvalue weighted by Crippen LogP contribution is -2.39. The zero-order chi connectivity index (χ0) is 13.7. The van der Waals surface area contributed by atoms with Gasteiger partial charge in [-0.15, -0.1) is 0 Å². The number of hydrogen-bond donors (Lipinski definition) is 2. The van der Waals surface area contributed by atoms with Crippen LogP contribution in [0.1, 0.15) is 45.1 Å². The van der Waals surface area contributed by atoms with Crippen molar-refractivity contribution in [3.63, 3.8) is 0 Å². The van der Waals surface area contributed by atoms with E-state index in [4.69, 9.17) is 4.74 Å². The van der Waals surface area contributed by atoms with Gasteiger partial charge in [-0.3, -0.25) is 0 Å². The monoisotopic (exact) mass is 263 g/mol. The molecule has 1 aromatic carbocycles. The van der Waals surface area contributed by atoms with E-state index in [-0.39, 0.29) is 5.75 Å². The second kappa shape index (κ2) is 6.29. The maximum Gasteiger partial charge on any atom is 0.161 e. The Labute approximate surface area is 116 Å². The highest BCUT2D eigenvalue weighted by Crippen LogP contribution is 2.43. The average Bonchev–Trinajstić information content (AvgIpc) is 2.37. The van der Waals surface area contributed by atoms with Crippen LogP contribution in [0.5, 0.6) is 11.5 Å². The van der Waals surface area contributed by atoms with Crippen LogP contribution in [-0.4, -0.2) is 18.3 Å². The van der Waals surface area contributed by atoms with Crippen molar-refractivity contribution in [2.45, 2.75) is 46.1 Å². The molecule has 106 valence electrons. The summed E-state index contributed by atoms with van der Waals surface area (Å²) >= 11 is 0. The van der Waals surface area contributed by atoms with E-state index in [0.717, 1.165) is 18.7 Å². The predicted octanol–water partition coefficient (Wildman–Crippen LogP) is 3.46. The van der Waals surface area contributed by atoms with Crippen LogP contribution in [-0.2, 0) is 6.54 Å². The molecule has 19 heavy (non-hydrogen) atoms. The van der Waals surface area contributed by atoms with Crippen molar-refractivity contribution in [1.29, 1.82) is 0 Å². The number of hydrogen-bond acceptors (Lipinski definition) is 3. The number of nitrogens with one attached hydrogen (secondary N) is 1. The first-order valence-electron chi connectivity index (χ1n) is 7.34. The minimum absolute atomic E-state index is 0.217. The molecule has 1 aromatic rings. The number of benzene rings is 1. The second-order valence-electron chi connectivity index (χ2n) is 5.55. The number of phenolic OH excluding ortho intramolecular Hbond substituents is 1. The van der Waals surface area contributed by atoms with Gasteiger partial charge in [0.05, 0.1) is 6.61 Å². The summed E-state index contributed by atoms with van der Waals surface area (Å²) in [6.07, 6.45) is 5.36. The van der Waals surface area contributed by atoms with Gasteiger partial charge in [0.1, 0.15) is 0 Å². The third kappa shape index (κ3) is 3.41. The van der Waals surface area contributed by atoms with Gasteiger partial charge in [0.2, 0.25) is 0 Å². The van der Waals surface area contributed by atoms with Gasteiger partial charge in [0, 0.05) is 13.1 Å². The maximum absolute atomic E-state index is 9.66. The molecule has 1 aliphatic rings. The highest BCUT2D eigenvalue weighted by molar-refractivity contribution is 5.41. The summed E-state index contributed by atoms with van der Waals surface area (Å²) in [7, 11) is 0. The van der Waals surface area contributed by atoms with E-state index in [2.05, 4.69) is 12.2 Å². The van der Waals surface area contributed by atoms with E-state index in [1.165, 1.54) is 25.7 Å². The molecule has 0 heterocycles. The molecule has 0 saturated heterocycles. The topological polar surface area (TPSA) is 41.5 Å². The fourth-order valence-corrected chi connectivity index (χ4v) is 2.74. The summed E-state index contributed by atoms with van der Waals surface area (Å²) < 4.78 is 5.40. The third-order valence-corrected chi connectivity index (χ3v) is 4.32. The molecule has 0 bridgehead atoms. The van der Waals surface area contributed by atoms with Crippen molar-refractivity contribution in [2.24, 2.45) is 5.41 Å². The number of ether oxygens (including phenoxy) is 1. The van der Waals surface area contributed by atoms with Crippen LogP contribution in [0.4, 0.5) is 0 Å². The Hall–Kier alpha value is -1.22. The normalized spacial score (nSPS) is 16.9. The van der Waals surface area contributed by atoms with Gasteiger partial charge in [-0.05, 0) is 49.3 Å². The van der Waals surface area contributed by atoms with Gasteiger partial charge in [0.25, 0.3) is 0 Å². The van der Waals surface area contributed by atoms with Gasteiger partial charge >= 0.3 is 0 Å². The molecule has 2 rings (SSSR count). The SMILES string of the molecule is CCOc1cc(CNCC2(CC)CCC2)ccc1O. The molecule has 0 spiro atoms. The summed E-state index contributed by atoms with van der Waals surface area (Å²) in [6, 6.07) is 5.58. The van der Waals surface area contributed by atoms with E-state index in [9.17, 15) is 5.11 Å². The lowest BCUT2D eigenvalue weighted by atomic mass is 9.67. The van der Waals surface area contributed by atoms with Crippen LogP contribution in [0.15, 0.2) is 18.2 Å². The highest BCUT2D eigenvalue weighted by Gasteiger charge is 2.34. The Bertz CT molecular complexity index is 408. The van der Waals surface area contributed by atoms with Crippen molar-refractivity contribution in [2.75, 3.05) is 13.2 Å². The first-order chi connectivity index (χ1) is 9.19. The Morgan fingerprint density at radius 1 is 1.32 bits per heavy atom. The maximum atomic E-state index is 9.66. The van der Waals surface area contributed by atoms with Crippen molar-refractivity contribution < 1.29 is 9.84 Å². The number of aromatic hydroxyl groups is 1. The fourth-order valence-electron chi connectivity index (χ4n) is 2.74. The fraction of sp³-hybridized carbons (Fsp3) is 0.625. The van der Waals surface area contributed by atoms with E-state index < -0.39 is 0 Å². The Morgan fingerprint density at radius 2 is 2.11 bits per heavy atom. The summed E-state index contributed by atoms with van der Waals surface area (Å²) in [5.74, 6) is 0.797. The Morgan fingerprint density at radius 3 is 2.68 bits per heavy atom. The van der Waals surface area contributed by atoms with Crippen LogP contribution in [0, 0.1) is 5.41 Å². The smallest absolute Gasteiger partial charge is 0.161 e. The number of phenols is 1. The first kappa shape index (κ1) is 14.2. The summed E-state index contributed by atoms with van der Waals surface area (Å²) in [5.41, 5.74) is 1.70. The molecule has 1 saturated carbocycles. The molecule has 0 unspecified atom stereocenters. The van der Waals surface area contributed by atoms with Crippen molar-refractivity contribution in [1.82, 2.24) is 5.32 Å². The van der Waals surface area contributed by atoms with Crippen molar-refractivity contribution >= 4 is 0 Å². The highest BCUT2D eigenvalue weighted by atomic mass is 16.5. The van der Waals surface area contributed by atoms with E-state index in [1.807, 2.05) is 19.1 Å². The van der Waals surface area contributed by atoms with Gasteiger partial charge in [-0.25, -0.2) is 0 Å². The molecule has 1 aliphatic carbocycles. The molecule has 0 amide bonds. The molecule has 0 radical (unpaired) electrons. The van der Waals surface area contributed by atoms with Crippen molar-refractivity contribution in [3.8, 4) is 11.5 Å². The van der Waals surface area contributed by atoms with Crippen LogP contribution < -0.4 is 10.1 Å². The molecule has 2 N–H and O–H groups in total. The lowest BCUT2D eigenvalue weighted by Gasteiger charge is -2.41. The largest absolute Gasteiger partial charge is 0.504 e. The Balaban J connectivity index is 1.87. The Kier molecular flexibility index (Phi) is 4.70. The third-order valence-electron chi connectivity index (χ3n) is 4.32. The van der Waals surface area contributed by atoms with E-state index in [0.29, 0.717) is 17.8 Å². The van der Waals surface area contributed by atoms with Crippen LogP contribution in [0.2, 0.25) is 0 Å². The van der Waals surface area contributed by atoms with E-state index >= 15 is 0 Å². The molecule has 0 atom stereocenters. The molecular weight excluding hydrogens is 238 g/mol. The van der Waals surface area contributed by atoms with Gasteiger partial charge in [-0.1, -0.05) is 19.4 Å². The van der Waals surface area contributed by atoms with Crippen LogP contribution >= 0.6 is 0 Å². The number of rotatable bonds is 7. The molecular formula is C16H25NO2. The van der Waals surface area contributed by atoms with E-state index in [1.54, 1.807) is 6.07 Å². The zero-order valence-electron chi connectivity index (χ0n) is 12.0. The summed E-state index contributed by atoms with van der Waals surface area (Å²) in [5, 5.41) is 13.2. The van der Waals surface area contributed by atoms with Gasteiger partial charge in [0.15, 0.2) is 11.5 Å².